The Morgan fingerprint density at radius 2 is 1.94 bits per heavy atom. The molecule has 18 heavy (non-hydrogen) atoms. The lowest BCUT2D eigenvalue weighted by molar-refractivity contribution is 0.539. The molecular weight excluding hydrogens is 242 g/mol. The van der Waals surface area contributed by atoms with Crippen LogP contribution in [0.3, 0.4) is 0 Å². The molecule has 0 radical (unpaired) electrons. The molecule has 0 aromatic carbocycles. The van der Waals surface area contributed by atoms with Crippen molar-refractivity contribution in [3.8, 4) is 0 Å². The Bertz CT molecular complexity index is 372. The molecule has 0 fully saturated rings. The summed E-state index contributed by atoms with van der Waals surface area (Å²) in [5, 5.41) is 4.20. The largest absolute Gasteiger partial charge is 0.373 e. The summed E-state index contributed by atoms with van der Waals surface area (Å²) in [5.74, 6) is 2.96. The third-order valence-corrected chi connectivity index (χ3v) is 3.63. The van der Waals surface area contributed by atoms with Crippen molar-refractivity contribution in [3.63, 3.8) is 0 Å². The zero-order valence-corrected chi connectivity index (χ0v) is 13.0. The zero-order chi connectivity index (χ0) is 13.6. The minimum atomic E-state index is -0.00834. The van der Waals surface area contributed by atoms with Gasteiger partial charge in [0.05, 0.1) is 0 Å². The number of hydrogen-bond donors (Lipinski definition) is 1. The molecule has 1 aromatic rings. The number of hydrogen-bond acceptors (Lipinski definition) is 4. The van der Waals surface area contributed by atoms with E-state index in [0.29, 0.717) is 0 Å². The van der Waals surface area contributed by atoms with Crippen LogP contribution in [-0.2, 0) is 5.41 Å². The Balaban J connectivity index is 2.78. The molecule has 1 heterocycles. The van der Waals surface area contributed by atoms with Crippen LogP contribution in [0.25, 0.3) is 0 Å². The highest BCUT2D eigenvalue weighted by Gasteiger charge is 2.18. The third-order valence-electron chi connectivity index (χ3n) is 2.63. The van der Waals surface area contributed by atoms with Crippen LogP contribution in [0, 0.1) is 0 Å². The van der Waals surface area contributed by atoms with Crippen molar-refractivity contribution in [1.82, 2.24) is 9.97 Å². The van der Waals surface area contributed by atoms with E-state index in [0.717, 1.165) is 22.4 Å². The van der Waals surface area contributed by atoms with Gasteiger partial charge in [0, 0.05) is 18.5 Å². The van der Waals surface area contributed by atoms with Gasteiger partial charge in [0.25, 0.3) is 0 Å². The van der Waals surface area contributed by atoms with Crippen molar-refractivity contribution in [1.29, 1.82) is 0 Å². The third kappa shape index (κ3) is 4.84. The molecule has 1 N–H and O–H groups in total. The van der Waals surface area contributed by atoms with Gasteiger partial charge in [-0.3, -0.25) is 0 Å². The lowest BCUT2D eigenvalue weighted by Crippen LogP contribution is -2.17. The number of unbranched alkanes of at least 4 members (excludes halogenated alkanes) is 2. The van der Waals surface area contributed by atoms with Crippen molar-refractivity contribution in [2.75, 3.05) is 18.1 Å². The van der Waals surface area contributed by atoms with E-state index in [9.17, 15) is 0 Å². The molecular formula is C14H25N3S. The van der Waals surface area contributed by atoms with Crippen molar-refractivity contribution < 1.29 is 0 Å². The second kappa shape index (κ2) is 6.98. The Morgan fingerprint density at radius 1 is 1.22 bits per heavy atom. The van der Waals surface area contributed by atoms with Gasteiger partial charge >= 0.3 is 0 Å². The van der Waals surface area contributed by atoms with Crippen molar-refractivity contribution in [3.05, 3.63) is 11.9 Å². The topological polar surface area (TPSA) is 37.8 Å². The molecule has 1 aromatic heterocycles. The molecule has 0 bridgehead atoms. The first-order valence-electron chi connectivity index (χ1n) is 6.67. The van der Waals surface area contributed by atoms with E-state index in [4.69, 9.17) is 0 Å². The maximum Gasteiger partial charge on any atom is 0.137 e. The van der Waals surface area contributed by atoms with Gasteiger partial charge in [-0.2, -0.15) is 0 Å². The van der Waals surface area contributed by atoms with Crippen LogP contribution in [0.15, 0.2) is 11.1 Å². The van der Waals surface area contributed by atoms with E-state index in [-0.39, 0.29) is 5.41 Å². The molecule has 0 unspecified atom stereocenters. The fourth-order valence-electron chi connectivity index (χ4n) is 1.49. The van der Waals surface area contributed by atoms with Gasteiger partial charge in [-0.05, 0) is 12.2 Å². The molecule has 0 atom stereocenters. The predicted molar refractivity (Wildman–Crippen MR) is 80.5 cm³/mol. The monoisotopic (exact) mass is 267 g/mol. The molecule has 0 spiro atoms. The molecule has 0 aliphatic heterocycles. The number of aromatic nitrogens is 2. The molecule has 0 aliphatic rings. The summed E-state index contributed by atoms with van der Waals surface area (Å²) in [5.41, 5.74) is -0.00834. The van der Waals surface area contributed by atoms with E-state index in [2.05, 4.69) is 43.0 Å². The number of nitrogens with zero attached hydrogens (tertiary/aromatic N) is 2. The SMILES string of the molecule is CCCCCSc1cc(NC)nc(C(C)(C)C)n1. The van der Waals surface area contributed by atoms with Crippen molar-refractivity contribution in [2.24, 2.45) is 0 Å². The minimum Gasteiger partial charge on any atom is -0.373 e. The number of anilines is 1. The molecule has 102 valence electrons. The Hall–Kier alpha value is -0.770. The van der Waals surface area contributed by atoms with Crippen molar-refractivity contribution in [2.45, 2.75) is 57.4 Å². The van der Waals surface area contributed by atoms with Crippen LogP contribution in [0.1, 0.15) is 52.8 Å². The van der Waals surface area contributed by atoms with E-state index in [1.54, 1.807) is 0 Å². The molecule has 0 amide bonds. The van der Waals surface area contributed by atoms with Crippen LogP contribution >= 0.6 is 11.8 Å². The molecule has 0 aliphatic carbocycles. The van der Waals surface area contributed by atoms with E-state index in [1.807, 2.05) is 24.9 Å². The smallest absolute Gasteiger partial charge is 0.137 e. The lowest BCUT2D eigenvalue weighted by atomic mass is 9.96. The Morgan fingerprint density at radius 3 is 2.50 bits per heavy atom. The van der Waals surface area contributed by atoms with Crippen LogP contribution in [0.2, 0.25) is 0 Å². The first-order valence-corrected chi connectivity index (χ1v) is 7.66. The average molecular weight is 267 g/mol. The summed E-state index contributed by atoms with van der Waals surface area (Å²) < 4.78 is 0. The maximum atomic E-state index is 4.66. The van der Waals surface area contributed by atoms with Gasteiger partial charge in [-0.25, -0.2) is 9.97 Å². The summed E-state index contributed by atoms with van der Waals surface area (Å²) in [6, 6.07) is 2.03. The fraction of sp³-hybridized carbons (Fsp3) is 0.714. The van der Waals surface area contributed by atoms with E-state index >= 15 is 0 Å². The standard InChI is InChI=1S/C14H25N3S/c1-6-7-8-9-18-12-10-11(15-5)16-13(17-12)14(2,3)4/h10H,6-9H2,1-5H3,(H,15,16,17). The molecule has 1 rings (SSSR count). The quantitative estimate of drug-likeness (QED) is 0.478. The zero-order valence-electron chi connectivity index (χ0n) is 12.2. The van der Waals surface area contributed by atoms with Gasteiger partial charge in [0.1, 0.15) is 16.7 Å². The minimum absolute atomic E-state index is 0.00834. The molecule has 0 saturated heterocycles. The summed E-state index contributed by atoms with van der Waals surface area (Å²) in [6.45, 7) is 8.67. The van der Waals surface area contributed by atoms with E-state index in [1.165, 1.54) is 19.3 Å². The molecule has 3 nitrogen and oxygen atoms in total. The Kier molecular flexibility index (Phi) is 5.93. The first-order chi connectivity index (χ1) is 8.47. The van der Waals surface area contributed by atoms with Gasteiger partial charge in [0.2, 0.25) is 0 Å². The summed E-state index contributed by atoms with van der Waals surface area (Å²) >= 11 is 1.83. The number of rotatable bonds is 6. The van der Waals surface area contributed by atoms with Gasteiger partial charge in [0.15, 0.2) is 0 Å². The van der Waals surface area contributed by atoms with Gasteiger partial charge < -0.3 is 5.32 Å². The lowest BCUT2D eigenvalue weighted by Gasteiger charge is -2.18. The summed E-state index contributed by atoms with van der Waals surface area (Å²) in [4.78, 5) is 9.19. The number of thioether (sulfide) groups is 1. The highest BCUT2D eigenvalue weighted by Crippen LogP contribution is 2.25. The summed E-state index contributed by atoms with van der Waals surface area (Å²) in [6.07, 6.45) is 3.81. The normalized spacial score (nSPS) is 11.6. The van der Waals surface area contributed by atoms with Crippen LogP contribution in [-0.4, -0.2) is 22.8 Å². The second-order valence-corrected chi connectivity index (χ2v) is 6.59. The maximum absolute atomic E-state index is 4.66. The highest BCUT2D eigenvalue weighted by atomic mass is 32.2. The van der Waals surface area contributed by atoms with Crippen LogP contribution in [0.4, 0.5) is 5.82 Å². The number of nitrogens with one attached hydrogen (secondary N) is 1. The molecule has 4 heteroatoms. The first kappa shape index (κ1) is 15.3. The second-order valence-electron chi connectivity index (χ2n) is 5.47. The van der Waals surface area contributed by atoms with Crippen molar-refractivity contribution >= 4 is 17.6 Å². The summed E-state index contributed by atoms with van der Waals surface area (Å²) in [7, 11) is 1.90. The van der Waals surface area contributed by atoms with Gasteiger partial charge in [-0.15, -0.1) is 11.8 Å². The Labute approximate surface area is 115 Å². The van der Waals surface area contributed by atoms with E-state index < -0.39 is 0 Å². The average Bonchev–Trinajstić information content (AvgIpc) is 2.33. The molecule has 0 saturated carbocycles. The van der Waals surface area contributed by atoms with Crippen LogP contribution < -0.4 is 5.32 Å². The predicted octanol–water partition coefficient (Wildman–Crippen LogP) is 4.10. The van der Waals surface area contributed by atoms with Gasteiger partial charge in [-0.1, -0.05) is 40.5 Å². The fourth-order valence-corrected chi connectivity index (χ4v) is 2.39. The highest BCUT2D eigenvalue weighted by molar-refractivity contribution is 7.99. The van der Waals surface area contributed by atoms with Crippen LogP contribution in [0.5, 0.6) is 0 Å².